The minimum Gasteiger partial charge on any atom is -0.385 e. The van der Waals surface area contributed by atoms with Crippen LogP contribution in [0.2, 0.25) is 0 Å². The molecule has 2 aliphatic rings. The summed E-state index contributed by atoms with van der Waals surface area (Å²) in [5.41, 5.74) is 2.64. The number of likely N-dealkylation sites (tertiary alicyclic amines) is 1. The Morgan fingerprint density at radius 2 is 1.74 bits per heavy atom. The molecule has 0 unspecified atom stereocenters. The van der Waals surface area contributed by atoms with Crippen molar-refractivity contribution in [1.29, 1.82) is 0 Å². The van der Waals surface area contributed by atoms with Gasteiger partial charge in [0.05, 0.1) is 0 Å². The van der Waals surface area contributed by atoms with Gasteiger partial charge in [-0.2, -0.15) is 0 Å². The van der Waals surface area contributed by atoms with E-state index in [0.29, 0.717) is 6.04 Å². The van der Waals surface area contributed by atoms with Crippen LogP contribution >= 0.6 is 24.0 Å². The summed E-state index contributed by atoms with van der Waals surface area (Å²) in [6.45, 7) is 9.81. The van der Waals surface area contributed by atoms with E-state index in [-0.39, 0.29) is 24.0 Å². The summed E-state index contributed by atoms with van der Waals surface area (Å²) in [5.74, 6) is 1.77. The van der Waals surface area contributed by atoms with Gasteiger partial charge in [-0.1, -0.05) is 19.1 Å². The lowest BCUT2D eigenvalue weighted by molar-refractivity contribution is 0.155. The molecule has 1 aromatic carbocycles. The first-order valence-electron chi connectivity index (χ1n) is 11.7. The number of methoxy groups -OCH3 is 1. The highest BCUT2D eigenvalue weighted by Crippen LogP contribution is 2.23. The van der Waals surface area contributed by atoms with Gasteiger partial charge in [0.1, 0.15) is 0 Å². The van der Waals surface area contributed by atoms with Crippen molar-refractivity contribution in [3.63, 3.8) is 0 Å². The summed E-state index contributed by atoms with van der Waals surface area (Å²) >= 11 is 0. The van der Waals surface area contributed by atoms with Crippen LogP contribution in [0.25, 0.3) is 0 Å². The van der Waals surface area contributed by atoms with Crippen LogP contribution < -0.4 is 15.5 Å². The number of hydrogen-bond acceptors (Lipinski definition) is 4. The van der Waals surface area contributed by atoms with Crippen molar-refractivity contribution in [3.8, 4) is 0 Å². The van der Waals surface area contributed by atoms with Crippen molar-refractivity contribution >= 4 is 35.6 Å². The summed E-state index contributed by atoms with van der Waals surface area (Å²) in [7, 11) is 3.63. The minimum atomic E-state index is 0. The fourth-order valence-electron chi connectivity index (χ4n) is 4.40. The molecule has 0 amide bonds. The van der Waals surface area contributed by atoms with Gasteiger partial charge in [0.25, 0.3) is 0 Å². The monoisotopic (exact) mass is 543 g/mol. The second kappa shape index (κ2) is 14.2. The van der Waals surface area contributed by atoms with Crippen molar-refractivity contribution in [2.75, 3.05) is 58.4 Å². The molecular weight excluding hydrogens is 501 g/mol. The van der Waals surface area contributed by atoms with E-state index in [4.69, 9.17) is 4.74 Å². The number of anilines is 1. The zero-order valence-electron chi connectivity index (χ0n) is 19.6. The van der Waals surface area contributed by atoms with Crippen molar-refractivity contribution in [1.82, 2.24) is 15.5 Å². The van der Waals surface area contributed by atoms with Crippen molar-refractivity contribution in [2.45, 2.75) is 51.6 Å². The quantitative estimate of drug-likeness (QED) is 0.227. The Morgan fingerprint density at radius 1 is 1.06 bits per heavy atom. The number of rotatable bonds is 8. The third-order valence-corrected chi connectivity index (χ3v) is 6.52. The molecule has 176 valence electrons. The molecule has 0 aromatic heterocycles. The highest BCUT2D eigenvalue weighted by Gasteiger charge is 2.19. The lowest BCUT2D eigenvalue weighted by atomic mass is 9.99. The van der Waals surface area contributed by atoms with Gasteiger partial charge in [0.2, 0.25) is 0 Å². The van der Waals surface area contributed by atoms with Crippen LogP contribution in [-0.4, -0.2) is 70.4 Å². The van der Waals surface area contributed by atoms with Gasteiger partial charge in [-0.15, -0.1) is 24.0 Å². The number of nitrogens with one attached hydrogen (secondary N) is 2. The molecule has 0 spiro atoms. The Labute approximate surface area is 206 Å². The number of piperidine rings is 2. The molecule has 0 bridgehead atoms. The lowest BCUT2D eigenvalue weighted by Crippen LogP contribution is -2.48. The lowest BCUT2D eigenvalue weighted by Gasteiger charge is -2.33. The number of guanidine groups is 1. The fraction of sp³-hybridized carbons (Fsp3) is 0.708. The molecule has 6 nitrogen and oxygen atoms in total. The Hall–Kier alpha value is -1.06. The molecule has 0 aliphatic carbocycles. The Bertz CT molecular complexity index is 638. The van der Waals surface area contributed by atoms with E-state index in [1.807, 2.05) is 7.05 Å². The van der Waals surface area contributed by atoms with Crippen molar-refractivity contribution in [2.24, 2.45) is 10.9 Å². The molecule has 31 heavy (non-hydrogen) atoms. The molecule has 0 radical (unpaired) electrons. The first-order valence-corrected chi connectivity index (χ1v) is 11.7. The van der Waals surface area contributed by atoms with Gasteiger partial charge < -0.3 is 25.2 Å². The zero-order chi connectivity index (χ0) is 21.2. The second-order valence-corrected chi connectivity index (χ2v) is 8.87. The molecule has 2 N–H and O–H groups in total. The first-order chi connectivity index (χ1) is 14.7. The van der Waals surface area contributed by atoms with Crippen LogP contribution in [0.1, 0.15) is 44.6 Å². The molecule has 2 saturated heterocycles. The van der Waals surface area contributed by atoms with Crippen LogP contribution in [0, 0.1) is 5.92 Å². The van der Waals surface area contributed by atoms with Crippen LogP contribution in [-0.2, 0) is 11.3 Å². The molecule has 3 rings (SSSR count). The molecule has 2 heterocycles. The van der Waals surface area contributed by atoms with Crippen LogP contribution in [0.15, 0.2) is 29.3 Å². The Balaban J connectivity index is 0.00000341. The fourth-order valence-corrected chi connectivity index (χ4v) is 4.40. The van der Waals surface area contributed by atoms with Crippen LogP contribution in [0.3, 0.4) is 0 Å². The molecule has 7 heteroatoms. The first kappa shape index (κ1) is 26.2. The number of hydrogen-bond donors (Lipinski definition) is 2. The van der Waals surface area contributed by atoms with E-state index in [9.17, 15) is 0 Å². The normalized spacial score (nSPS) is 19.2. The topological polar surface area (TPSA) is 52.1 Å². The average Bonchev–Trinajstić information content (AvgIpc) is 2.79. The van der Waals surface area contributed by atoms with Crippen molar-refractivity contribution < 1.29 is 4.74 Å². The Morgan fingerprint density at radius 3 is 2.35 bits per heavy atom. The van der Waals surface area contributed by atoms with Gasteiger partial charge in [-0.25, -0.2) is 0 Å². The van der Waals surface area contributed by atoms with Gasteiger partial charge in [0, 0.05) is 71.8 Å². The minimum absolute atomic E-state index is 0. The molecule has 1 aromatic rings. The maximum absolute atomic E-state index is 5.16. The summed E-state index contributed by atoms with van der Waals surface area (Å²) in [5, 5.41) is 7.10. The summed E-state index contributed by atoms with van der Waals surface area (Å²) in [6.07, 6.45) is 6.05. The largest absolute Gasteiger partial charge is 0.385 e. The predicted molar refractivity (Wildman–Crippen MR) is 142 cm³/mol. The van der Waals surface area contributed by atoms with Crippen LogP contribution in [0.5, 0.6) is 0 Å². The maximum atomic E-state index is 5.16. The molecule has 0 atom stereocenters. The van der Waals surface area contributed by atoms with E-state index >= 15 is 0 Å². The molecule has 2 fully saturated rings. The predicted octanol–water partition coefficient (Wildman–Crippen LogP) is 3.71. The summed E-state index contributed by atoms with van der Waals surface area (Å²) in [6, 6.07) is 9.52. The van der Waals surface area contributed by atoms with E-state index in [1.54, 1.807) is 7.11 Å². The standard InChI is InChI=1S/C24H41N5O.HI/c1-20-9-16-29(17-10-20)23-7-5-21(6-8-23)19-26-24(25-2)27-22-11-14-28(15-12-22)13-4-18-30-3;/h5-8,20,22H,4,9-19H2,1-3H3,(H2,25,26,27);1H. The SMILES string of the molecule is CN=C(NCc1ccc(N2CCC(C)CC2)cc1)NC1CCN(CCCOC)CC1.I. The molecular formula is C24H42IN5O. The third kappa shape index (κ3) is 8.77. The number of ether oxygens (including phenoxy) is 1. The molecule has 0 saturated carbocycles. The third-order valence-electron chi connectivity index (χ3n) is 6.52. The smallest absolute Gasteiger partial charge is 0.191 e. The van der Waals surface area contributed by atoms with E-state index in [1.165, 1.54) is 37.2 Å². The van der Waals surface area contributed by atoms with Crippen molar-refractivity contribution in [3.05, 3.63) is 29.8 Å². The van der Waals surface area contributed by atoms with E-state index in [0.717, 1.165) is 63.9 Å². The summed E-state index contributed by atoms with van der Waals surface area (Å²) < 4.78 is 5.16. The average molecular weight is 544 g/mol. The second-order valence-electron chi connectivity index (χ2n) is 8.87. The highest BCUT2D eigenvalue weighted by atomic mass is 127. The number of nitrogens with zero attached hydrogens (tertiary/aromatic N) is 3. The van der Waals surface area contributed by atoms with Gasteiger partial charge in [0.15, 0.2) is 5.96 Å². The van der Waals surface area contributed by atoms with E-state index < -0.39 is 0 Å². The van der Waals surface area contributed by atoms with Gasteiger partial charge in [-0.05, 0) is 55.7 Å². The molecule has 2 aliphatic heterocycles. The summed E-state index contributed by atoms with van der Waals surface area (Å²) in [4.78, 5) is 9.48. The van der Waals surface area contributed by atoms with Gasteiger partial charge >= 0.3 is 0 Å². The maximum Gasteiger partial charge on any atom is 0.191 e. The van der Waals surface area contributed by atoms with Gasteiger partial charge in [-0.3, -0.25) is 4.99 Å². The highest BCUT2D eigenvalue weighted by molar-refractivity contribution is 14.0. The number of aliphatic imine (C=N–C) groups is 1. The van der Waals surface area contributed by atoms with Crippen LogP contribution in [0.4, 0.5) is 5.69 Å². The van der Waals surface area contributed by atoms with E-state index in [2.05, 4.69) is 56.6 Å². The number of benzene rings is 1. The Kier molecular flexibility index (Phi) is 12.0. The zero-order valence-corrected chi connectivity index (χ0v) is 21.9. The number of halogens is 1.